The maximum atomic E-state index is 13.0. The third-order valence-corrected chi connectivity index (χ3v) is 15.7. The van der Waals surface area contributed by atoms with Gasteiger partial charge in [0.2, 0.25) is 5.91 Å². The number of quaternary nitrogens is 1. The van der Waals surface area contributed by atoms with E-state index in [4.69, 9.17) is 9.05 Å². The van der Waals surface area contributed by atoms with E-state index in [-0.39, 0.29) is 12.5 Å². The number of likely N-dealkylation sites (N-methyl/N-ethyl adjacent to an activating group) is 1. The molecule has 0 spiro atoms. The topological polar surface area (TPSA) is 108 Å². The third-order valence-electron chi connectivity index (χ3n) is 14.7. The molecule has 0 aromatic heterocycles. The highest BCUT2D eigenvalue weighted by Gasteiger charge is 2.23. The molecule has 446 valence electrons. The van der Waals surface area contributed by atoms with E-state index in [1.165, 1.54) is 238 Å². The van der Waals surface area contributed by atoms with Crippen LogP contribution in [0.4, 0.5) is 0 Å². The van der Waals surface area contributed by atoms with Crippen LogP contribution < -0.4 is 10.2 Å². The number of aliphatic hydroxyl groups is 1. The first-order valence-corrected chi connectivity index (χ1v) is 34.1. The Morgan fingerprint density at radius 2 is 0.776 bits per heavy atom. The molecule has 3 unspecified atom stereocenters. The molecule has 0 aliphatic heterocycles. The molecule has 0 aliphatic carbocycles. The van der Waals surface area contributed by atoms with Crippen molar-refractivity contribution < 1.29 is 32.9 Å². The second-order valence-corrected chi connectivity index (χ2v) is 24.9. The lowest BCUT2D eigenvalue weighted by Gasteiger charge is -2.29. The van der Waals surface area contributed by atoms with Crippen LogP contribution in [0.25, 0.3) is 0 Å². The summed E-state index contributed by atoms with van der Waals surface area (Å²) in [7, 11) is 1.25. The number of aliphatic hydroxyl groups excluding tert-OH is 1. The second kappa shape index (κ2) is 57.9. The predicted octanol–water partition coefficient (Wildman–Crippen LogP) is 19.8. The zero-order valence-corrected chi connectivity index (χ0v) is 51.9. The second-order valence-electron chi connectivity index (χ2n) is 23.5. The Labute approximate surface area is 472 Å². The van der Waals surface area contributed by atoms with Crippen molar-refractivity contribution in [2.75, 3.05) is 40.9 Å². The molecule has 0 rings (SSSR count). The van der Waals surface area contributed by atoms with Crippen LogP contribution in [-0.4, -0.2) is 68.5 Å². The number of nitrogens with zero attached hydrogens (tertiary/aromatic N) is 1. The standard InChI is InChI=1S/C67H127N2O6P/c1-6-8-10-12-14-16-18-20-22-24-26-28-30-32-34-36-38-40-42-44-46-48-50-52-54-56-58-60-66(70)65(64-75-76(72,73)74-63-62-69(3,4)5)68-67(71)61-59-57-55-53-51-49-47-45-43-41-39-37-35-33-31-29-27-25-23-21-19-17-15-13-11-9-7-2/h19,21,25,27,31,33,50,52,58,60,65-66,70H,6-18,20,22-24,26,28-30,32,34-49,51,53-57,59,61-64H2,1-5H3,(H-,68,71,72,73)/b21-19-,27-25-,33-31-,52-50+,60-58+. The number of carbonyl (C=O) groups excluding carboxylic acids is 1. The number of unbranched alkanes of at least 4 members (excludes halogenated alkanes) is 39. The highest BCUT2D eigenvalue weighted by atomic mass is 31.2. The van der Waals surface area contributed by atoms with Gasteiger partial charge < -0.3 is 28.8 Å². The van der Waals surface area contributed by atoms with Crippen LogP contribution in [0.3, 0.4) is 0 Å². The van der Waals surface area contributed by atoms with Crippen LogP contribution in [0.2, 0.25) is 0 Å². The van der Waals surface area contributed by atoms with Crippen LogP contribution in [0.1, 0.15) is 309 Å². The van der Waals surface area contributed by atoms with Crippen LogP contribution in [0.5, 0.6) is 0 Å². The fraction of sp³-hybridized carbons (Fsp3) is 0.836. The van der Waals surface area contributed by atoms with E-state index < -0.39 is 26.6 Å². The Hall–Kier alpha value is -1.80. The van der Waals surface area contributed by atoms with Crippen molar-refractivity contribution in [1.82, 2.24) is 5.32 Å². The molecule has 0 saturated carbocycles. The van der Waals surface area contributed by atoms with E-state index >= 15 is 0 Å². The smallest absolute Gasteiger partial charge is 0.268 e. The molecule has 9 heteroatoms. The third kappa shape index (κ3) is 59.9. The van der Waals surface area contributed by atoms with Crippen molar-refractivity contribution in [3.05, 3.63) is 60.8 Å². The van der Waals surface area contributed by atoms with Crippen LogP contribution >= 0.6 is 7.82 Å². The van der Waals surface area contributed by atoms with Gasteiger partial charge in [0.05, 0.1) is 39.9 Å². The Balaban J connectivity index is 4.17. The van der Waals surface area contributed by atoms with Gasteiger partial charge in [-0.15, -0.1) is 0 Å². The largest absolute Gasteiger partial charge is 0.756 e. The van der Waals surface area contributed by atoms with E-state index in [0.717, 1.165) is 51.4 Å². The van der Waals surface area contributed by atoms with Gasteiger partial charge in [-0.1, -0.05) is 293 Å². The summed E-state index contributed by atoms with van der Waals surface area (Å²) in [4.78, 5) is 25.6. The maximum Gasteiger partial charge on any atom is 0.268 e. The summed E-state index contributed by atoms with van der Waals surface area (Å²) in [6.45, 7) is 4.65. The molecular formula is C67H127N2O6P. The van der Waals surface area contributed by atoms with Gasteiger partial charge in [-0.2, -0.15) is 0 Å². The number of phosphoric acid groups is 1. The summed E-state index contributed by atoms with van der Waals surface area (Å²) < 4.78 is 23.4. The van der Waals surface area contributed by atoms with E-state index in [0.29, 0.717) is 17.4 Å². The van der Waals surface area contributed by atoms with Crippen molar-refractivity contribution in [1.29, 1.82) is 0 Å². The molecule has 0 saturated heterocycles. The lowest BCUT2D eigenvalue weighted by atomic mass is 10.0. The molecule has 0 aliphatic rings. The normalized spacial score (nSPS) is 14.1. The molecule has 0 aromatic carbocycles. The summed E-state index contributed by atoms with van der Waals surface area (Å²) in [5, 5.41) is 13.9. The molecule has 0 heterocycles. The maximum absolute atomic E-state index is 13.0. The van der Waals surface area contributed by atoms with Gasteiger partial charge >= 0.3 is 0 Å². The molecule has 8 nitrogen and oxygen atoms in total. The summed E-state index contributed by atoms with van der Waals surface area (Å²) in [6, 6.07) is -0.908. The van der Waals surface area contributed by atoms with Crippen LogP contribution in [0, 0.1) is 0 Å². The molecule has 0 bridgehead atoms. The zero-order valence-electron chi connectivity index (χ0n) is 51.0. The number of hydrogen-bond acceptors (Lipinski definition) is 6. The molecule has 3 atom stereocenters. The van der Waals surface area contributed by atoms with Crippen molar-refractivity contribution >= 4 is 13.7 Å². The minimum absolute atomic E-state index is 0.00784. The first-order valence-electron chi connectivity index (χ1n) is 32.7. The van der Waals surface area contributed by atoms with E-state index in [1.54, 1.807) is 6.08 Å². The van der Waals surface area contributed by atoms with Gasteiger partial charge in [0.1, 0.15) is 13.2 Å². The number of rotatable bonds is 60. The van der Waals surface area contributed by atoms with E-state index in [1.807, 2.05) is 27.2 Å². The van der Waals surface area contributed by atoms with Crippen molar-refractivity contribution in [2.24, 2.45) is 0 Å². The average molecular weight is 1090 g/mol. The molecule has 0 radical (unpaired) electrons. The van der Waals surface area contributed by atoms with Crippen LogP contribution in [0.15, 0.2) is 60.8 Å². The highest BCUT2D eigenvalue weighted by molar-refractivity contribution is 7.45. The van der Waals surface area contributed by atoms with Gasteiger partial charge in [-0.3, -0.25) is 9.36 Å². The van der Waals surface area contributed by atoms with E-state index in [2.05, 4.69) is 67.8 Å². The lowest BCUT2D eigenvalue weighted by molar-refractivity contribution is -0.870. The predicted molar refractivity (Wildman–Crippen MR) is 330 cm³/mol. The Morgan fingerprint density at radius 1 is 0.461 bits per heavy atom. The minimum atomic E-state index is -4.61. The fourth-order valence-corrected chi connectivity index (χ4v) is 10.3. The summed E-state index contributed by atoms with van der Waals surface area (Å²) in [5.74, 6) is -0.207. The highest BCUT2D eigenvalue weighted by Crippen LogP contribution is 2.38. The molecule has 2 N–H and O–H groups in total. The van der Waals surface area contributed by atoms with Gasteiger partial charge in [0, 0.05) is 6.42 Å². The number of allylic oxidation sites excluding steroid dienone is 9. The number of amides is 1. The molecule has 0 aromatic rings. The Morgan fingerprint density at radius 3 is 1.16 bits per heavy atom. The summed E-state index contributed by atoms with van der Waals surface area (Å²) in [6.07, 6.45) is 79.0. The average Bonchev–Trinajstić information content (AvgIpc) is 3.38. The van der Waals surface area contributed by atoms with Crippen molar-refractivity contribution in [3.8, 4) is 0 Å². The number of carbonyl (C=O) groups is 1. The summed E-state index contributed by atoms with van der Waals surface area (Å²) in [5.41, 5.74) is 0. The molecule has 76 heavy (non-hydrogen) atoms. The van der Waals surface area contributed by atoms with Gasteiger partial charge in [0.15, 0.2) is 0 Å². The first-order chi connectivity index (χ1) is 37.0. The number of hydrogen-bond donors (Lipinski definition) is 2. The monoisotopic (exact) mass is 1090 g/mol. The number of nitrogens with one attached hydrogen (secondary N) is 1. The van der Waals surface area contributed by atoms with E-state index in [9.17, 15) is 19.4 Å². The fourth-order valence-electron chi connectivity index (χ4n) is 9.59. The first kappa shape index (κ1) is 74.2. The zero-order chi connectivity index (χ0) is 55.6. The van der Waals surface area contributed by atoms with Crippen LogP contribution in [-0.2, 0) is 18.4 Å². The number of phosphoric ester groups is 1. The molecule has 1 amide bonds. The Bertz CT molecular complexity index is 1420. The van der Waals surface area contributed by atoms with Crippen molar-refractivity contribution in [3.63, 3.8) is 0 Å². The lowest BCUT2D eigenvalue weighted by Crippen LogP contribution is -2.45. The molecule has 0 fully saturated rings. The van der Waals surface area contributed by atoms with Gasteiger partial charge in [-0.05, 0) is 70.6 Å². The Kier molecular flexibility index (Phi) is 56.5. The van der Waals surface area contributed by atoms with Gasteiger partial charge in [0.25, 0.3) is 7.82 Å². The minimum Gasteiger partial charge on any atom is -0.756 e. The SMILES string of the molecule is CCCCCCC/C=C\C/C=C\C/C=C\CCCCCCCCCCCCCCC(=O)NC(COP(=O)([O-])OCC[N+](C)(C)C)C(O)/C=C/CC/C=C/CCCCCCCCCCCCCCCCCCCCCCC. The molecular weight excluding hydrogens is 960 g/mol. The quantitative estimate of drug-likeness (QED) is 0.0272. The van der Waals surface area contributed by atoms with Gasteiger partial charge in [-0.25, -0.2) is 0 Å². The summed E-state index contributed by atoms with van der Waals surface area (Å²) >= 11 is 0. The van der Waals surface area contributed by atoms with Crippen molar-refractivity contribution in [2.45, 2.75) is 321 Å².